The molecule has 0 spiro atoms. The fraction of sp³-hybridized carbons (Fsp3) is 0.929. The predicted molar refractivity (Wildman–Crippen MR) is 135 cm³/mol. The molecular formula is C28H55O4. The van der Waals surface area contributed by atoms with Crippen molar-refractivity contribution in [2.75, 3.05) is 13.2 Å². The summed E-state index contributed by atoms with van der Waals surface area (Å²) in [6.07, 6.45) is 22.5. The maximum absolute atomic E-state index is 12.1. The number of carbonyl (C=O) groups is 1. The molecule has 0 saturated heterocycles. The van der Waals surface area contributed by atoms with Crippen molar-refractivity contribution < 1.29 is 19.0 Å². The maximum atomic E-state index is 12.1. The molecule has 0 fully saturated rings. The lowest BCUT2D eigenvalue weighted by atomic mass is 10.1. The smallest absolute Gasteiger partial charge is 0.306 e. The number of carbonyl (C=O) groups excluding carboxylic acids is 1. The number of ether oxygens (including phenoxy) is 3. The first kappa shape index (κ1) is 31.4. The molecule has 191 valence electrons. The zero-order valence-electron chi connectivity index (χ0n) is 21.8. The fourth-order valence-corrected chi connectivity index (χ4v) is 3.69. The van der Waals surface area contributed by atoms with Crippen LogP contribution in [0.2, 0.25) is 0 Å². The summed E-state index contributed by atoms with van der Waals surface area (Å²) in [5, 5.41) is 0. The molecule has 0 atom stereocenters. The van der Waals surface area contributed by atoms with Gasteiger partial charge in [0.1, 0.15) is 6.61 Å². The van der Waals surface area contributed by atoms with E-state index in [0.717, 1.165) is 25.7 Å². The molecule has 32 heavy (non-hydrogen) atoms. The van der Waals surface area contributed by atoms with Crippen molar-refractivity contribution in [3.8, 4) is 0 Å². The summed E-state index contributed by atoms with van der Waals surface area (Å²) in [5.74, 6) is -0.171. The molecule has 1 radical (unpaired) electrons. The van der Waals surface area contributed by atoms with Gasteiger partial charge in [0.05, 0.1) is 6.42 Å². The van der Waals surface area contributed by atoms with Crippen LogP contribution >= 0.6 is 0 Å². The highest BCUT2D eigenvalue weighted by Crippen LogP contribution is 2.13. The molecule has 0 aliphatic rings. The van der Waals surface area contributed by atoms with Crippen molar-refractivity contribution in [1.82, 2.24) is 0 Å². The molecule has 0 amide bonds. The van der Waals surface area contributed by atoms with Crippen molar-refractivity contribution in [1.29, 1.82) is 0 Å². The topological polar surface area (TPSA) is 44.8 Å². The minimum Gasteiger partial charge on any atom is -0.458 e. The zero-order valence-corrected chi connectivity index (χ0v) is 21.8. The number of unbranched alkanes of at least 4 members (excludes halogenated alkanes) is 15. The normalized spacial score (nSPS) is 11.4. The highest BCUT2D eigenvalue weighted by Gasteiger charge is 2.13. The van der Waals surface area contributed by atoms with Gasteiger partial charge in [0.15, 0.2) is 6.29 Å². The lowest BCUT2D eigenvalue weighted by Gasteiger charge is -2.18. The van der Waals surface area contributed by atoms with Gasteiger partial charge in [0.2, 0.25) is 0 Å². The monoisotopic (exact) mass is 455 g/mol. The summed E-state index contributed by atoms with van der Waals surface area (Å²) < 4.78 is 17.3. The van der Waals surface area contributed by atoms with Gasteiger partial charge >= 0.3 is 5.97 Å². The van der Waals surface area contributed by atoms with E-state index in [1.807, 2.05) is 0 Å². The van der Waals surface area contributed by atoms with Crippen LogP contribution in [0.1, 0.15) is 149 Å². The van der Waals surface area contributed by atoms with E-state index in [-0.39, 0.29) is 12.3 Å². The SMILES string of the molecule is CCCCCCC[CH]OC(=O)CCC(OCCCCCCCC)OCCCCCCCC. The second-order valence-electron chi connectivity index (χ2n) is 9.10. The summed E-state index contributed by atoms with van der Waals surface area (Å²) in [5.41, 5.74) is 0. The molecule has 0 unspecified atom stereocenters. The highest BCUT2D eigenvalue weighted by molar-refractivity contribution is 5.69. The fourth-order valence-electron chi connectivity index (χ4n) is 3.69. The summed E-state index contributed by atoms with van der Waals surface area (Å²) in [6.45, 7) is 9.81. The zero-order chi connectivity index (χ0) is 23.5. The quantitative estimate of drug-likeness (QED) is 0.0741. The van der Waals surface area contributed by atoms with Crippen LogP contribution < -0.4 is 0 Å². The first-order valence-electron chi connectivity index (χ1n) is 14.0. The minimum absolute atomic E-state index is 0.171. The summed E-state index contributed by atoms with van der Waals surface area (Å²) in [4.78, 5) is 12.1. The molecule has 0 aromatic carbocycles. The van der Waals surface area contributed by atoms with Gasteiger partial charge in [0.25, 0.3) is 0 Å². The van der Waals surface area contributed by atoms with Gasteiger partial charge < -0.3 is 14.2 Å². The Balaban J connectivity index is 3.98. The summed E-state index contributed by atoms with van der Waals surface area (Å²) in [6, 6.07) is 0. The Morgan fingerprint density at radius 1 is 0.625 bits per heavy atom. The van der Waals surface area contributed by atoms with Crippen LogP contribution in [0, 0.1) is 6.61 Å². The van der Waals surface area contributed by atoms with E-state index < -0.39 is 0 Å². The summed E-state index contributed by atoms with van der Waals surface area (Å²) in [7, 11) is 0. The molecule has 4 nitrogen and oxygen atoms in total. The van der Waals surface area contributed by atoms with Crippen LogP contribution in [-0.4, -0.2) is 25.5 Å². The van der Waals surface area contributed by atoms with E-state index in [4.69, 9.17) is 14.2 Å². The molecular weight excluding hydrogens is 400 g/mol. The number of hydrogen-bond acceptors (Lipinski definition) is 4. The minimum atomic E-state index is -0.289. The van der Waals surface area contributed by atoms with Crippen molar-refractivity contribution in [2.45, 2.75) is 155 Å². The van der Waals surface area contributed by atoms with Crippen molar-refractivity contribution in [3.63, 3.8) is 0 Å². The van der Waals surface area contributed by atoms with Gasteiger partial charge in [-0.05, 0) is 25.7 Å². The second-order valence-corrected chi connectivity index (χ2v) is 9.10. The van der Waals surface area contributed by atoms with E-state index in [1.54, 1.807) is 6.61 Å². The van der Waals surface area contributed by atoms with Crippen LogP contribution in [0.5, 0.6) is 0 Å². The van der Waals surface area contributed by atoms with Crippen molar-refractivity contribution in [2.24, 2.45) is 0 Å². The van der Waals surface area contributed by atoms with Crippen molar-refractivity contribution in [3.05, 3.63) is 6.61 Å². The largest absolute Gasteiger partial charge is 0.458 e. The average molecular weight is 456 g/mol. The van der Waals surface area contributed by atoms with E-state index in [0.29, 0.717) is 26.1 Å². The Morgan fingerprint density at radius 2 is 1.06 bits per heavy atom. The van der Waals surface area contributed by atoms with Gasteiger partial charge in [-0.1, -0.05) is 111 Å². The number of hydrogen-bond donors (Lipinski definition) is 0. The van der Waals surface area contributed by atoms with E-state index in [1.165, 1.54) is 89.9 Å². The lowest BCUT2D eigenvalue weighted by Crippen LogP contribution is -2.20. The van der Waals surface area contributed by atoms with Gasteiger partial charge in [-0.15, -0.1) is 0 Å². The molecule has 0 rings (SSSR count). The molecule has 0 aromatic heterocycles. The van der Waals surface area contributed by atoms with Gasteiger partial charge in [-0.25, -0.2) is 0 Å². The maximum Gasteiger partial charge on any atom is 0.306 e. The number of rotatable bonds is 26. The van der Waals surface area contributed by atoms with Crippen molar-refractivity contribution >= 4 is 5.97 Å². The van der Waals surface area contributed by atoms with Crippen LogP contribution in [0.25, 0.3) is 0 Å². The molecule has 0 bridgehead atoms. The average Bonchev–Trinajstić information content (AvgIpc) is 2.80. The Bertz CT molecular complexity index is 354. The van der Waals surface area contributed by atoms with Gasteiger partial charge in [-0.3, -0.25) is 4.79 Å². The van der Waals surface area contributed by atoms with E-state index in [9.17, 15) is 4.79 Å². The lowest BCUT2D eigenvalue weighted by molar-refractivity contribution is -0.158. The molecule has 0 aliphatic carbocycles. The van der Waals surface area contributed by atoms with Crippen LogP contribution in [0.15, 0.2) is 0 Å². The van der Waals surface area contributed by atoms with Crippen LogP contribution in [0.4, 0.5) is 0 Å². The molecule has 0 saturated carbocycles. The third-order valence-corrected chi connectivity index (χ3v) is 5.83. The van der Waals surface area contributed by atoms with Gasteiger partial charge in [0, 0.05) is 19.6 Å². The highest BCUT2D eigenvalue weighted by atomic mass is 16.7. The Morgan fingerprint density at radius 3 is 1.56 bits per heavy atom. The van der Waals surface area contributed by atoms with Gasteiger partial charge in [-0.2, -0.15) is 0 Å². The standard InChI is InChI=1S/C28H55O4/c1-4-7-10-13-16-19-24-30-27(29)22-23-28(31-25-20-17-14-11-8-5-2)32-26-21-18-15-12-9-6-3/h24,28H,4-23,25-26H2,1-3H3. The molecule has 0 aromatic rings. The molecule has 0 heterocycles. The second kappa shape index (κ2) is 26.6. The predicted octanol–water partition coefficient (Wildman–Crippen LogP) is 8.91. The third-order valence-electron chi connectivity index (χ3n) is 5.83. The van der Waals surface area contributed by atoms with E-state index >= 15 is 0 Å². The Kier molecular flexibility index (Phi) is 26.1. The first-order valence-corrected chi connectivity index (χ1v) is 14.0. The molecule has 0 aliphatic heterocycles. The van der Waals surface area contributed by atoms with Crippen LogP contribution in [-0.2, 0) is 19.0 Å². The Labute approximate surface area is 200 Å². The molecule has 4 heteroatoms. The third kappa shape index (κ3) is 24.0. The molecule has 0 N–H and O–H groups in total. The van der Waals surface area contributed by atoms with Crippen LogP contribution in [0.3, 0.4) is 0 Å². The number of esters is 1. The first-order chi connectivity index (χ1) is 15.7. The Hall–Kier alpha value is -0.610. The summed E-state index contributed by atoms with van der Waals surface area (Å²) >= 11 is 0. The van der Waals surface area contributed by atoms with E-state index in [2.05, 4.69) is 20.8 Å².